The molecule has 0 saturated carbocycles. The van der Waals surface area contributed by atoms with Gasteiger partial charge in [-0.25, -0.2) is 8.78 Å². The average molecular weight is 315 g/mol. The number of ether oxygens (including phenoxy) is 1. The predicted octanol–water partition coefficient (Wildman–Crippen LogP) is 1.91. The van der Waals surface area contributed by atoms with Crippen LogP contribution in [0.25, 0.3) is 0 Å². The summed E-state index contributed by atoms with van der Waals surface area (Å²) in [6, 6.07) is 2.56. The number of hydrogen-bond donors (Lipinski definition) is 2. The Kier molecular flexibility index (Phi) is 6.55. The molecule has 0 radical (unpaired) electrons. The Morgan fingerprint density at radius 1 is 1.23 bits per heavy atom. The van der Waals surface area contributed by atoms with E-state index in [0.29, 0.717) is 12.2 Å². The Labute approximate surface area is 129 Å². The minimum atomic E-state index is -0.691. The molecule has 1 aromatic carbocycles. The van der Waals surface area contributed by atoms with Crippen molar-refractivity contribution in [2.75, 3.05) is 36.8 Å². The number of carbonyl (C=O) groups is 1. The van der Waals surface area contributed by atoms with Gasteiger partial charge in [-0.15, -0.1) is 0 Å². The van der Waals surface area contributed by atoms with Crippen molar-refractivity contribution in [3.05, 3.63) is 23.8 Å². The lowest BCUT2D eigenvalue weighted by molar-refractivity contribution is -0.138. The maximum Gasteiger partial charge on any atom is 0.293 e. The molecule has 1 aliphatic rings. The Hall–Kier alpha value is -1.89. The monoisotopic (exact) mass is 315 g/mol. The summed E-state index contributed by atoms with van der Waals surface area (Å²) in [5.74, 6) is -1.38. The van der Waals surface area contributed by atoms with E-state index in [9.17, 15) is 13.6 Å². The average Bonchev–Trinajstić information content (AvgIpc) is 2.44. The fourth-order valence-corrected chi connectivity index (χ4v) is 1.82. The minimum Gasteiger partial charge on any atom is -0.462 e. The first-order chi connectivity index (χ1) is 10.2. The van der Waals surface area contributed by atoms with Crippen LogP contribution >= 0.6 is 0 Å². The van der Waals surface area contributed by atoms with E-state index in [4.69, 9.17) is 5.73 Å². The molecular weight excluding hydrogens is 292 g/mol. The van der Waals surface area contributed by atoms with Crippen LogP contribution in [0, 0.1) is 11.6 Å². The highest BCUT2D eigenvalue weighted by Crippen LogP contribution is 2.23. The lowest BCUT2D eigenvalue weighted by atomic mass is 10.2. The quantitative estimate of drug-likeness (QED) is 0.645. The normalized spacial score (nSPS) is 14.9. The van der Waals surface area contributed by atoms with Gasteiger partial charge in [0.05, 0.1) is 0 Å². The first kappa shape index (κ1) is 18.2. The molecule has 22 heavy (non-hydrogen) atoms. The zero-order valence-corrected chi connectivity index (χ0v) is 13.2. The second kappa shape index (κ2) is 7.93. The molecule has 5 nitrogen and oxygen atoms in total. The topological polar surface area (TPSA) is 67.6 Å². The van der Waals surface area contributed by atoms with Gasteiger partial charge in [0, 0.05) is 31.9 Å². The molecule has 1 fully saturated rings. The molecule has 0 aromatic heterocycles. The molecule has 124 valence electrons. The molecule has 1 heterocycles. The van der Waals surface area contributed by atoms with Gasteiger partial charge in [0.2, 0.25) is 0 Å². The predicted molar refractivity (Wildman–Crippen MR) is 82.8 cm³/mol. The Balaban J connectivity index is 0.000000295. The Morgan fingerprint density at radius 2 is 1.73 bits per heavy atom. The summed E-state index contributed by atoms with van der Waals surface area (Å²) in [7, 11) is 0. The van der Waals surface area contributed by atoms with Crippen molar-refractivity contribution in [2.45, 2.75) is 26.4 Å². The molecule has 0 atom stereocenters. The van der Waals surface area contributed by atoms with E-state index < -0.39 is 17.3 Å². The number of anilines is 2. The smallest absolute Gasteiger partial charge is 0.293 e. The van der Waals surface area contributed by atoms with E-state index >= 15 is 0 Å². The van der Waals surface area contributed by atoms with Crippen molar-refractivity contribution in [1.29, 1.82) is 0 Å². The molecule has 1 aliphatic heterocycles. The third-order valence-electron chi connectivity index (χ3n) is 2.95. The van der Waals surface area contributed by atoms with E-state index in [-0.39, 0.29) is 5.60 Å². The van der Waals surface area contributed by atoms with Crippen molar-refractivity contribution in [1.82, 2.24) is 5.32 Å². The molecule has 0 aliphatic carbocycles. The van der Waals surface area contributed by atoms with E-state index in [2.05, 4.69) is 10.1 Å². The van der Waals surface area contributed by atoms with Gasteiger partial charge in [0.1, 0.15) is 11.3 Å². The summed E-state index contributed by atoms with van der Waals surface area (Å²) in [5.41, 5.74) is 5.03. The summed E-state index contributed by atoms with van der Waals surface area (Å²) in [6.07, 6.45) is 0. The van der Waals surface area contributed by atoms with Gasteiger partial charge in [-0.3, -0.25) is 4.79 Å². The molecule has 0 spiro atoms. The summed E-state index contributed by atoms with van der Waals surface area (Å²) < 4.78 is 30.9. The highest BCUT2D eigenvalue weighted by Gasteiger charge is 2.14. The summed E-state index contributed by atoms with van der Waals surface area (Å²) in [6.45, 7) is 9.08. The van der Waals surface area contributed by atoms with Crippen molar-refractivity contribution < 1.29 is 18.3 Å². The maximum atomic E-state index is 13.2. The second-order valence-corrected chi connectivity index (χ2v) is 5.89. The number of rotatable bonds is 2. The van der Waals surface area contributed by atoms with Crippen molar-refractivity contribution >= 4 is 17.8 Å². The third kappa shape index (κ3) is 5.85. The highest BCUT2D eigenvalue weighted by molar-refractivity contribution is 5.55. The minimum absolute atomic E-state index is 0.318. The van der Waals surface area contributed by atoms with Crippen LogP contribution in [0.15, 0.2) is 12.1 Å². The Bertz CT molecular complexity index is 475. The highest BCUT2D eigenvalue weighted by atomic mass is 19.1. The van der Waals surface area contributed by atoms with Gasteiger partial charge in [-0.05, 0) is 32.9 Å². The summed E-state index contributed by atoms with van der Waals surface area (Å²) in [5, 5.41) is 3.17. The number of hydrogen-bond acceptors (Lipinski definition) is 5. The van der Waals surface area contributed by atoms with Crippen LogP contribution in [-0.4, -0.2) is 38.3 Å². The van der Waals surface area contributed by atoms with Crippen molar-refractivity contribution in [3.8, 4) is 0 Å². The maximum absolute atomic E-state index is 13.2. The van der Waals surface area contributed by atoms with Gasteiger partial charge in [0.25, 0.3) is 6.47 Å². The van der Waals surface area contributed by atoms with Gasteiger partial charge in [-0.1, -0.05) is 0 Å². The first-order valence-electron chi connectivity index (χ1n) is 7.06. The van der Waals surface area contributed by atoms with E-state index in [1.165, 1.54) is 12.1 Å². The van der Waals surface area contributed by atoms with Crippen molar-refractivity contribution in [2.24, 2.45) is 0 Å². The number of carbonyl (C=O) groups excluding carboxylic acids is 1. The summed E-state index contributed by atoms with van der Waals surface area (Å²) >= 11 is 0. The SMILES string of the molecule is CC(C)(C)OC=O.Nc1c(F)cc(N2CCNCC2)cc1F. The number of nitrogen functional groups attached to an aromatic ring is 1. The van der Waals surface area contributed by atoms with Gasteiger partial charge >= 0.3 is 0 Å². The standard InChI is InChI=1S/C10H13F2N3.C5H10O2/c11-8-5-7(6-9(12)10(8)13)15-3-1-14-2-4-15;1-5(2,3)7-4-6/h5-6,14H,1-4,13H2;4H,1-3H3. The fourth-order valence-electron chi connectivity index (χ4n) is 1.82. The number of nitrogens with two attached hydrogens (primary N) is 1. The number of benzene rings is 1. The third-order valence-corrected chi connectivity index (χ3v) is 2.95. The van der Waals surface area contributed by atoms with Gasteiger partial charge in [-0.2, -0.15) is 0 Å². The molecule has 3 N–H and O–H groups in total. The number of halogens is 2. The van der Waals surface area contributed by atoms with Crippen LogP contribution in [0.5, 0.6) is 0 Å². The first-order valence-corrected chi connectivity index (χ1v) is 7.06. The summed E-state index contributed by atoms with van der Waals surface area (Å²) in [4.78, 5) is 11.5. The fraction of sp³-hybridized carbons (Fsp3) is 0.533. The molecular formula is C15H23F2N3O2. The van der Waals surface area contributed by atoms with Crippen LogP contribution in [0.1, 0.15) is 20.8 Å². The van der Waals surface area contributed by atoms with E-state index in [1.807, 2.05) is 25.7 Å². The molecule has 2 rings (SSSR count). The second-order valence-electron chi connectivity index (χ2n) is 5.89. The van der Waals surface area contributed by atoms with E-state index in [1.54, 1.807) is 0 Å². The number of nitrogens with zero attached hydrogens (tertiary/aromatic N) is 1. The lowest BCUT2D eigenvalue weighted by Crippen LogP contribution is -2.43. The Morgan fingerprint density at radius 3 is 2.09 bits per heavy atom. The molecule has 7 heteroatoms. The molecule has 1 saturated heterocycles. The van der Waals surface area contributed by atoms with Crippen LogP contribution in [0.2, 0.25) is 0 Å². The lowest BCUT2D eigenvalue weighted by Gasteiger charge is -2.29. The van der Waals surface area contributed by atoms with Crippen molar-refractivity contribution in [3.63, 3.8) is 0 Å². The van der Waals surface area contributed by atoms with Gasteiger partial charge < -0.3 is 20.7 Å². The zero-order valence-electron chi connectivity index (χ0n) is 13.2. The molecule has 0 amide bonds. The molecule has 0 bridgehead atoms. The zero-order chi connectivity index (χ0) is 16.8. The van der Waals surface area contributed by atoms with Crippen LogP contribution in [-0.2, 0) is 9.53 Å². The van der Waals surface area contributed by atoms with E-state index in [0.717, 1.165) is 26.2 Å². The van der Waals surface area contributed by atoms with Crippen LogP contribution in [0.3, 0.4) is 0 Å². The largest absolute Gasteiger partial charge is 0.462 e. The van der Waals surface area contributed by atoms with Gasteiger partial charge in [0.15, 0.2) is 11.6 Å². The molecule has 1 aromatic rings. The number of nitrogens with one attached hydrogen (secondary N) is 1. The van der Waals surface area contributed by atoms with Crippen LogP contribution in [0.4, 0.5) is 20.2 Å². The number of piperazine rings is 1. The molecule has 0 unspecified atom stereocenters. The van der Waals surface area contributed by atoms with Crippen LogP contribution < -0.4 is 16.0 Å².